The van der Waals surface area contributed by atoms with Crippen LogP contribution in [0.5, 0.6) is 5.75 Å². The molecule has 0 aliphatic heterocycles. The number of anilines is 2. The fourth-order valence-corrected chi connectivity index (χ4v) is 3.21. The highest BCUT2D eigenvalue weighted by Gasteiger charge is 2.07. The number of hydrogen-bond acceptors (Lipinski definition) is 4. The van der Waals surface area contributed by atoms with Crippen LogP contribution in [0.3, 0.4) is 0 Å². The second-order valence-corrected chi connectivity index (χ2v) is 6.22. The van der Waals surface area contributed by atoms with E-state index in [9.17, 15) is 4.39 Å². The van der Waals surface area contributed by atoms with Crippen molar-refractivity contribution in [2.45, 2.75) is 6.92 Å². The molecule has 3 aromatic rings. The largest absolute Gasteiger partial charge is 0.494 e. The highest BCUT2D eigenvalue weighted by atomic mass is 79.9. The summed E-state index contributed by atoms with van der Waals surface area (Å²) in [6.07, 6.45) is 0. The van der Waals surface area contributed by atoms with Gasteiger partial charge in [-0.05, 0) is 59.3 Å². The molecule has 1 N–H and O–H groups in total. The van der Waals surface area contributed by atoms with Crippen molar-refractivity contribution in [2.75, 3.05) is 11.9 Å². The second-order valence-electron chi connectivity index (χ2n) is 4.34. The van der Waals surface area contributed by atoms with E-state index in [1.54, 1.807) is 12.1 Å². The third-order valence-corrected chi connectivity index (χ3v) is 4.38. The lowest BCUT2D eigenvalue weighted by atomic mass is 10.3. The van der Waals surface area contributed by atoms with Gasteiger partial charge in [-0.1, -0.05) is 11.3 Å². The molecule has 1 heterocycles. The zero-order valence-corrected chi connectivity index (χ0v) is 13.6. The van der Waals surface area contributed by atoms with E-state index >= 15 is 0 Å². The van der Waals surface area contributed by atoms with E-state index in [0.29, 0.717) is 11.1 Å². The van der Waals surface area contributed by atoms with Gasteiger partial charge in [0.05, 0.1) is 21.3 Å². The van der Waals surface area contributed by atoms with Gasteiger partial charge in [0.15, 0.2) is 5.13 Å². The van der Waals surface area contributed by atoms with Crippen LogP contribution in [0.2, 0.25) is 0 Å². The van der Waals surface area contributed by atoms with Gasteiger partial charge in [0.1, 0.15) is 11.6 Å². The Balaban J connectivity index is 1.88. The van der Waals surface area contributed by atoms with Gasteiger partial charge in [-0.15, -0.1) is 0 Å². The Bertz CT molecular complexity index is 790. The molecule has 3 nitrogen and oxygen atoms in total. The molecule has 1 aromatic heterocycles. The number of nitrogens with one attached hydrogen (secondary N) is 1. The minimum atomic E-state index is -0.286. The molecular weight excluding hydrogens is 355 g/mol. The van der Waals surface area contributed by atoms with Crippen molar-refractivity contribution in [2.24, 2.45) is 0 Å². The quantitative estimate of drug-likeness (QED) is 0.676. The Morgan fingerprint density at radius 3 is 2.90 bits per heavy atom. The summed E-state index contributed by atoms with van der Waals surface area (Å²) >= 11 is 4.70. The number of halogens is 2. The second kappa shape index (κ2) is 5.99. The molecule has 0 fully saturated rings. The normalized spacial score (nSPS) is 10.8. The Hall–Kier alpha value is -1.66. The molecule has 0 radical (unpaired) electrons. The zero-order chi connectivity index (χ0) is 14.8. The van der Waals surface area contributed by atoms with Crippen molar-refractivity contribution in [3.63, 3.8) is 0 Å². The maximum absolute atomic E-state index is 13.2. The summed E-state index contributed by atoms with van der Waals surface area (Å²) in [4.78, 5) is 4.50. The SMILES string of the molecule is CCOc1ccc2nc(Nc3ccc(F)c(Br)c3)sc2c1. The monoisotopic (exact) mass is 366 g/mol. The van der Waals surface area contributed by atoms with Crippen molar-refractivity contribution < 1.29 is 9.13 Å². The Labute approximate surface area is 133 Å². The Morgan fingerprint density at radius 1 is 1.29 bits per heavy atom. The molecule has 6 heteroatoms. The van der Waals surface area contributed by atoms with E-state index in [2.05, 4.69) is 26.2 Å². The van der Waals surface area contributed by atoms with Crippen LogP contribution >= 0.6 is 27.3 Å². The highest BCUT2D eigenvalue weighted by molar-refractivity contribution is 9.10. The number of aromatic nitrogens is 1. The fraction of sp³-hybridized carbons (Fsp3) is 0.133. The third-order valence-electron chi connectivity index (χ3n) is 2.84. The summed E-state index contributed by atoms with van der Waals surface area (Å²) < 4.78 is 20.2. The van der Waals surface area contributed by atoms with Crippen LogP contribution in [0.4, 0.5) is 15.2 Å². The van der Waals surface area contributed by atoms with Crippen LogP contribution in [0.25, 0.3) is 10.2 Å². The molecule has 2 aromatic carbocycles. The summed E-state index contributed by atoms with van der Waals surface area (Å²) in [7, 11) is 0. The summed E-state index contributed by atoms with van der Waals surface area (Å²) in [5.41, 5.74) is 1.69. The first-order valence-corrected chi connectivity index (χ1v) is 8.02. The van der Waals surface area contributed by atoms with Crippen LogP contribution in [0.1, 0.15) is 6.92 Å². The summed E-state index contributed by atoms with van der Waals surface area (Å²) in [5, 5.41) is 3.94. The summed E-state index contributed by atoms with van der Waals surface area (Å²) in [6, 6.07) is 10.6. The fourth-order valence-electron chi connectivity index (χ4n) is 1.91. The van der Waals surface area contributed by atoms with Crippen molar-refractivity contribution in [1.29, 1.82) is 0 Å². The zero-order valence-electron chi connectivity index (χ0n) is 11.2. The molecule has 0 bridgehead atoms. The minimum absolute atomic E-state index is 0.286. The van der Waals surface area contributed by atoms with Gasteiger partial charge in [0, 0.05) is 5.69 Å². The molecular formula is C15H12BrFN2OS. The topological polar surface area (TPSA) is 34.1 Å². The van der Waals surface area contributed by atoms with Crippen molar-refractivity contribution in [1.82, 2.24) is 4.98 Å². The molecule has 0 atom stereocenters. The van der Waals surface area contributed by atoms with E-state index in [1.165, 1.54) is 17.4 Å². The first-order chi connectivity index (χ1) is 10.2. The van der Waals surface area contributed by atoms with Gasteiger partial charge in [-0.3, -0.25) is 0 Å². The van der Waals surface area contributed by atoms with Gasteiger partial charge in [-0.2, -0.15) is 0 Å². The molecule has 3 rings (SSSR count). The van der Waals surface area contributed by atoms with Crippen LogP contribution in [-0.2, 0) is 0 Å². The van der Waals surface area contributed by atoms with E-state index in [-0.39, 0.29) is 5.82 Å². The lowest BCUT2D eigenvalue weighted by molar-refractivity contribution is 0.341. The molecule has 0 spiro atoms. The first kappa shape index (κ1) is 14.3. The lowest BCUT2D eigenvalue weighted by Crippen LogP contribution is -1.90. The van der Waals surface area contributed by atoms with E-state index in [1.807, 2.05) is 25.1 Å². The number of hydrogen-bond donors (Lipinski definition) is 1. The van der Waals surface area contributed by atoms with Gasteiger partial charge in [0.2, 0.25) is 0 Å². The van der Waals surface area contributed by atoms with Gasteiger partial charge < -0.3 is 10.1 Å². The van der Waals surface area contributed by atoms with Crippen molar-refractivity contribution in [3.8, 4) is 5.75 Å². The maximum atomic E-state index is 13.2. The maximum Gasteiger partial charge on any atom is 0.188 e. The number of rotatable bonds is 4. The number of fused-ring (bicyclic) bond motifs is 1. The first-order valence-electron chi connectivity index (χ1n) is 6.41. The number of thiazole rings is 1. The molecule has 108 valence electrons. The highest BCUT2D eigenvalue weighted by Crippen LogP contribution is 2.31. The van der Waals surface area contributed by atoms with Crippen LogP contribution in [-0.4, -0.2) is 11.6 Å². The van der Waals surface area contributed by atoms with E-state index in [0.717, 1.165) is 26.8 Å². The van der Waals surface area contributed by atoms with Gasteiger partial charge in [0.25, 0.3) is 0 Å². The lowest BCUT2D eigenvalue weighted by Gasteiger charge is -2.03. The van der Waals surface area contributed by atoms with Gasteiger partial charge >= 0.3 is 0 Å². The average molecular weight is 367 g/mol. The standard InChI is InChI=1S/C15H12BrFN2OS/c1-2-20-10-4-6-13-14(8-10)21-15(19-13)18-9-3-5-12(17)11(16)7-9/h3-8H,2H2,1H3,(H,18,19). The molecule has 0 saturated carbocycles. The Morgan fingerprint density at radius 2 is 2.14 bits per heavy atom. The molecule has 0 aliphatic rings. The van der Waals surface area contributed by atoms with E-state index < -0.39 is 0 Å². The number of ether oxygens (including phenoxy) is 1. The molecule has 0 unspecified atom stereocenters. The smallest absolute Gasteiger partial charge is 0.188 e. The van der Waals surface area contributed by atoms with Crippen LogP contribution in [0, 0.1) is 5.82 Å². The van der Waals surface area contributed by atoms with Crippen LogP contribution in [0.15, 0.2) is 40.9 Å². The number of benzene rings is 2. The summed E-state index contributed by atoms with van der Waals surface area (Å²) in [5.74, 6) is 0.552. The molecule has 0 saturated heterocycles. The molecule has 0 amide bonds. The predicted molar refractivity (Wildman–Crippen MR) is 88.2 cm³/mol. The minimum Gasteiger partial charge on any atom is -0.494 e. The van der Waals surface area contributed by atoms with Crippen molar-refractivity contribution in [3.05, 3.63) is 46.7 Å². The van der Waals surface area contributed by atoms with E-state index in [4.69, 9.17) is 4.74 Å². The predicted octanol–water partition coefficient (Wildman–Crippen LogP) is 5.34. The molecule has 0 aliphatic carbocycles. The van der Waals surface area contributed by atoms with Crippen LogP contribution < -0.4 is 10.1 Å². The average Bonchev–Trinajstić information content (AvgIpc) is 2.85. The molecule has 21 heavy (non-hydrogen) atoms. The Kier molecular flexibility index (Phi) is 4.07. The van der Waals surface area contributed by atoms with Crippen molar-refractivity contribution >= 4 is 48.3 Å². The third kappa shape index (κ3) is 3.16. The van der Waals surface area contributed by atoms with Gasteiger partial charge in [-0.25, -0.2) is 9.37 Å². The summed E-state index contributed by atoms with van der Waals surface area (Å²) in [6.45, 7) is 2.59. The number of nitrogens with zero attached hydrogens (tertiary/aromatic N) is 1.